The van der Waals surface area contributed by atoms with E-state index in [0.717, 1.165) is 30.5 Å². The van der Waals surface area contributed by atoms with Crippen LogP contribution in [0.3, 0.4) is 0 Å². The summed E-state index contributed by atoms with van der Waals surface area (Å²) in [4.78, 5) is 27.8. The van der Waals surface area contributed by atoms with Crippen LogP contribution in [0.1, 0.15) is 57.8 Å². The summed E-state index contributed by atoms with van der Waals surface area (Å²) in [6.45, 7) is 3.20. The van der Waals surface area contributed by atoms with Crippen molar-refractivity contribution < 1.29 is 14.3 Å². The number of carbonyl (C=O) groups is 2. The average Bonchev–Trinajstić information content (AvgIpc) is 3.14. The van der Waals surface area contributed by atoms with Crippen molar-refractivity contribution in [2.75, 3.05) is 25.6 Å². The fourth-order valence-corrected chi connectivity index (χ4v) is 4.45. The molecule has 0 radical (unpaired) electrons. The van der Waals surface area contributed by atoms with Gasteiger partial charge < -0.3 is 20.3 Å². The molecule has 3 aromatic rings. The number of methoxy groups -OCH3 is 1. The molecule has 2 N–H and O–H groups in total. The van der Waals surface area contributed by atoms with Gasteiger partial charge in [0.25, 0.3) is 11.8 Å². The van der Waals surface area contributed by atoms with E-state index in [1.54, 1.807) is 7.11 Å². The first kappa shape index (κ1) is 24.5. The maximum absolute atomic E-state index is 13.0. The zero-order valence-electron chi connectivity index (χ0n) is 20.4. The number of anilines is 1. The number of carbonyl (C=O) groups excluding carboxylic acids is 2. The predicted molar refractivity (Wildman–Crippen MR) is 138 cm³/mol. The first-order valence-electron chi connectivity index (χ1n) is 12.2. The van der Waals surface area contributed by atoms with Crippen LogP contribution >= 0.6 is 0 Å². The minimum absolute atomic E-state index is 0.00958. The SMILES string of the molecule is COCCCN1C(=O)c2ccccc2C1Nc1cccc(C(=O)NC(C)CCc2ccccc2)c1. The van der Waals surface area contributed by atoms with Crippen LogP contribution in [-0.2, 0) is 11.2 Å². The van der Waals surface area contributed by atoms with Gasteiger partial charge in [-0.05, 0) is 56.0 Å². The summed E-state index contributed by atoms with van der Waals surface area (Å²) in [5, 5.41) is 6.59. The molecule has 1 aliphatic heterocycles. The molecule has 182 valence electrons. The molecule has 0 bridgehead atoms. The van der Waals surface area contributed by atoms with Crippen LogP contribution in [0.15, 0.2) is 78.9 Å². The number of nitrogens with zero attached hydrogens (tertiary/aromatic N) is 1. The van der Waals surface area contributed by atoms with Gasteiger partial charge in [-0.15, -0.1) is 0 Å². The van der Waals surface area contributed by atoms with Crippen LogP contribution in [0, 0.1) is 0 Å². The summed E-state index contributed by atoms with van der Waals surface area (Å²) in [6, 6.07) is 25.5. The Morgan fingerprint density at radius 1 is 1.03 bits per heavy atom. The molecule has 2 atom stereocenters. The van der Waals surface area contributed by atoms with E-state index in [4.69, 9.17) is 4.74 Å². The molecule has 4 rings (SSSR count). The van der Waals surface area contributed by atoms with Gasteiger partial charge in [0.1, 0.15) is 6.17 Å². The van der Waals surface area contributed by atoms with E-state index in [1.165, 1.54) is 5.56 Å². The molecule has 2 amide bonds. The van der Waals surface area contributed by atoms with Crippen molar-refractivity contribution in [3.63, 3.8) is 0 Å². The molecule has 0 aliphatic carbocycles. The van der Waals surface area contributed by atoms with Gasteiger partial charge in [0.2, 0.25) is 0 Å². The lowest BCUT2D eigenvalue weighted by Gasteiger charge is -2.27. The van der Waals surface area contributed by atoms with Gasteiger partial charge in [0.05, 0.1) is 0 Å². The van der Waals surface area contributed by atoms with E-state index in [2.05, 4.69) is 22.8 Å². The third-order valence-electron chi connectivity index (χ3n) is 6.32. The fourth-order valence-electron chi connectivity index (χ4n) is 4.45. The molecule has 1 aliphatic rings. The molecule has 6 nitrogen and oxygen atoms in total. The van der Waals surface area contributed by atoms with Crippen LogP contribution in [0.25, 0.3) is 0 Å². The third kappa shape index (κ3) is 6.08. The normalized spacial score (nSPS) is 15.5. The summed E-state index contributed by atoms with van der Waals surface area (Å²) in [7, 11) is 1.66. The maximum atomic E-state index is 13.0. The Hall–Kier alpha value is -3.64. The molecule has 0 fully saturated rings. The number of amides is 2. The lowest BCUT2D eigenvalue weighted by molar-refractivity contribution is 0.0721. The van der Waals surface area contributed by atoms with Crippen molar-refractivity contribution in [2.24, 2.45) is 0 Å². The van der Waals surface area contributed by atoms with E-state index < -0.39 is 0 Å². The first-order valence-corrected chi connectivity index (χ1v) is 12.2. The maximum Gasteiger partial charge on any atom is 0.256 e. The molecule has 35 heavy (non-hydrogen) atoms. The highest BCUT2D eigenvalue weighted by Crippen LogP contribution is 2.34. The fraction of sp³-hybridized carbons (Fsp3) is 0.310. The van der Waals surface area contributed by atoms with Crippen LogP contribution in [0.5, 0.6) is 0 Å². The number of benzene rings is 3. The van der Waals surface area contributed by atoms with E-state index >= 15 is 0 Å². The van der Waals surface area contributed by atoms with Gasteiger partial charge >= 0.3 is 0 Å². The Labute approximate surface area is 207 Å². The summed E-state index contributed by atoms with van der Waals surface area (Å²) >= 11 is 0. The van der Waals surface area contributed by atoms with E-state index in [-0.39, 0.29) is 24.0 Å². The minimum atomic E-state index is -0.293. The van der Waals surface area contributed by atoms with Gasteiger partial charge in [0.15, 0.2) is 0 Å². The number of aryl methyl sites for hydroxylation is 1. The van der Waals surface area contributed by atoms with Crippen molar-refractivity contribution in [2.45, 2.75) is 38.4 Å². The van der Waals surface area contributed by atoms with Crippen LogP contribution in [0.4, 0.5) is 5.69 Å². The van der Waals surface area contributed by atoms with Gasteiger partial charge in [-0.1, -0.05) is 54.6 Å². The molecule has 0 saturated heterocycles. The second kappa shape index (κ2) is 11.7. The molecule has 1 heterocycles. The molecule has 0 aromatic heterocycles. The average molecular weight is 472 g/mol. The van der Waals surface area contributed by atoms with Gasteiger partial charge in [0, 0.05) is 48.7 Å². The standard InChI is InChI=1S/C29H33N3O3/c1-21(16-17-22-10-4-3-5-11-22)30-28(33)23-12-8-13-24(20-23)31-27-25-14-6-7-15-26(25)29(34)32(27)18-9-19-35-2/h3-8,10-15,20-21,27,31H,9,16-19H2,1-2H3,(H,30,33). The van der Waals surface area contributed by atoms with Crippen molar-refractivity contribution >= 4 is 17.5 Å². The molecular formula is C29H33N3O3. The zero-order chi connectivity index (χ0) is 24.6. The smallest absolute Gasteiger partial charge is 0.256 e. The number of nitrogens with one attached hydrogen (secondary N) is 2. The number of fused-ring (bicyclic) bond motifs is 1. The van der Waals surface area contributed by atoms with Crippen molar-refractivity contribution in [3.05, 3.63) is 101 Å². The zero-order valence-corrected chi connectivity index (χ0v) is 20.4. The van der Waals surface area contributed by atoms with Crippen molar-refractivity contribution in [3.8, 4) is 0 Å². The minimum Gasteiger partial charge on any atom is -0.385 e. The predicted octanol–water partition coefficient (Wildman–Crippen LogP) is 5.04. The Morgan fingerprint density at radius 3 is 2.60 bits per heavy atom. The molecule has 0 spiro atoms. The highest BCUT2D eigenvalue weighted by molar-refractivity contribution is 5.99. The Bertz CT molecular complexity index is 1150. The lowest BCUT2D eigenvalue weighted by Crippen LogP contribution is -2.34. The van der Waals surface area contributed by atoms with Crippen LogP contribution < -0.4 is 10.6 Å². The van der Waals surface area contributed by atoms with Gasteiger partial charge in [-0.25, -0.2) is 0 Å². The monoisotopic (exact) mass is 471 g/mol. The van der Waals surface area contributed by atoms with Gasteiger partial charge in [-0.2, -0.15) is 0 Å². The largest absolute Gasteiger partial charge is 0.385 e. The van der Waals surface area contributed by atoms with Crippen LogP contribution in [-0.4, -0.2) is 43.0 Å². The number of rotatable bonds is 11. The Balaban J connectivity index is 1.42. The van der Waals surface area contributed by atoms with E-state index in [1.807, 2.05) is 78.6 Å². The Kier molecular flexibility index (Phi) is 8.16. The van der Waals surface area contributed by atoms with Crippen LogP contribution in [0.2, 0.25) is 0 Å². The van der Waals surface area contributed by atoms with Gasteiger partial charge in [-0.3, -0.25) is 9.59 Å². The third-order valence-corrected chi connectivity index (χ3v) is 6.32. The Morgan fingerprint density at radius 2 is 1.80 bits per heavy atom. The molecule has 6 heteroatoms. The lowest BCUT2D eigenvalue weighted by atomic mass is 10.1. The number of ether oxygens (including phenoxy) is 1. The highest BCUT2D eigenvalue weighted by Gasteiger charge is 2.36. The summed E-state index contributed by atoms with van der Waals surface area (Å²) in [5.41, 5.74) is 4.30. The topological polar surface area (TPSA) is 70.7 Å². The summed E-state index contributed by atoms with van der Waals surface area (Å²) in [5.74, 6) is -0.0931. The second-order valence-corrected chi connectivity index (χ2v) is 8.96. The molecule has 0 saturated carbocycles. The van der Waals surface area contributed by atoms with Crippen molar-refractivity contribution in [1.29, 1.82) is 0 Å². The first-order chi connectivity index (χ1) is 17.1. The molecular weight excluding hydrogens is 438 g/mol. The van der Waals surface area contributed by atoms with E-state index in [0.29, 0.717) is 24.3 Å². The quantitative estimate of drug-likeness (QED) is 0.385. The second-order valence-electron chi connectivity index (χ2n) is 8.96. The number of hydrogen-bond acceptors (Lipinski definition) is 4. The highest BCUT2D eigenvalue weighted by atomic mass is 16.5. The van der Waals surface area contributed by atoms with E-state index in [9.17, 15) is 9.59 Å². The molecule has 2 unspecified atom stereocenters. The molecule has 3 aromatic carbocycles. The summed E-state index contributed by atoms with van der Waals surface area (Å²) in [6.07, 6.45) is 2.24. The summed E-state index contributed by atoms with van der Waals surface area (Å²) < 4.78 is 5.18. The van der Waals surface area contributed by atoms with Crippen molar-refractivity contribution in [1.82, 2.24) is 10.2 Å². The number of hydrogen-bond donors (Lipinski definition) is 2.